The number of carboxylic acids is 1. The normalized spacial score (nSPS) is 9.50. The number of aromatic carboxylic acids is 1. The Morgan fingerprint density at radius 3 is 2.50 bits per heavy atom. The Morgan fingerprint density at radius 2 is 1.95 bits per heavy atom. The summed E-state index contributed by atoms with van der Waals surface area (Å²) < 4.78 is 9.28. The van der Waals surface area contributed by atoms with E-state index in [1.54, 1.807) is 0 Å². The fraction of sp³-hybridized carbons (Fsp3) is 0.250. The van der Waals surface area contributed by atoms with Crippen molar-refractivity contribution in [3.05, 3.63) is 23.8 Å². The summed E-state index contributed by atoms with van der Waals surface area (Å²) in [4.78, 5) is 33.2. The molecule has 0 spiro atoms. The fourth-order valence-electron chi connectivity index (χ4n) is 1.35. The van der Waals surface area contributed by atoms with Crippen LogP contribution in [-0.4, -0.2) is 43.8 Å². The lowest BCUT2D eigenvalue weighted by molar-refractivity contribution is -0.139. The summed E-state index contributed by atoms with van der Waals surface area (Å²) in [6.45, 7) is -0.271. The monoisotopic (exact) mass is 282 g/mol. The summed E-state index contributed by atoms with van der Waals surface area (Å²) in [5.41, 5.74) is 0.308. The van der Waals surface area contributed by atoms with Gasteiger partial charge in [-0.1, -0.05) is 0 Å². The van der Waals surface area contributed by atoms with Gasteiger partial charge in [-0.05, 0) is 12.1 Å². The Labute approximate surface area is 114 Å². The van der Waals surface area contributed by atoms with Gasteiger partial charge in [0, 0.05) is 11.8 Å². The van der Waals surface area contributed by atoms with E-state index in [2.05, 4.69) is 15.4 Å². The largest absolute Gasteiger partial charge is 0.496 e. The van der Waals surface area contributed by atoms with Crippen LogP contribution >= 0.6 is 0 Å². The number of nitrogens with one attached hydrogen (secondary N) is 2. The molecule has 2 amide bonds. The van der Waals surface area contributed by atoms with Crippen LogP contribution in [0.5, 0.6) is 5.75 Å². The zero-order chi connectivity index (χ0) is 15.1. The van der Waals surface area contributed by atoms with Gasteiger partial charge in [0.2, 0.25) is 0 Å². The van der Waals surface area contributed by atoms with E-state index in [0.29, 0.717) is 5.69 Å². The van der Waals surface area contributed by atoms with Crippen molar-refractivity contribution in [1.29, 1.82) is 0 Å². The fourth-order valence-corrected chi connectivity index (χ4v) is 1.35. The van der Waals surface area contributed by atoms with Gasteiger partial charge in [0.1, 0.15) is 17.9 Å². The molecular weight excluding hydrogens is 268 g/mol. The zero-order valence-electron chi connectivity index (χ0n) is 10.9. The summed E-state index contributed by atoms with van der Waals surface area (Å²) in [6.07, 6.45) is 0. The molecule has 0 bridgehead atoms. The second-order valence-electron chi connectivity index (χ2n) is 3.60. The number of carboxylic acid groups (broad SMARTS) is 1. The van der Waals surface area contributed by atoms with E-state index in [4.69, 9.17) is 9.84 Å². The topological polar surface area (TPSA) is 114 Å². The lowest BCUT2D eigenvalue weighted by Gasteiger charge is -2.10. The van der Waals surface area contributed by atoms with E-state index in [9.17, 15) is 14.4 Å². The molecule has 0 unspecified atom stereocenters. The highest BCUT2D eigenvalue weighted by Crippen LogP contribution is 2.23. The van der Waals surface area contributed by atoms with Gasteiger partial charge in [0.15, 0.2) is 0 Å². The molecule has 0 atom stereocenters. The molecule has 108 valence electrons. The van der Waals surface area contributed by atoms with Gasteiger partial charge < -0.3 is 25.2 Å². The molecule has 3 N–H and O–H groups in total. The molecule has 1 aromatic rings. The summed E-state index contributed by atoms with van der Waals surface area (Å²) in [5.74, 6) is -1.61. The lowest BCUT2D eigenvalue weighted by atomic mass is 10.2. The number of anilines is 1. The molecule has 1 aromatic carbocycles. The first-order valence-corrected chi connectivity index (χ1v) is 5.51. The maximum atomic E-state index is 11.5. The molecular formula is C12H14N2O6. The smallest absolute Gasteiger partial charge is 0.339 e. The van der Waals surface area contributed by atoms with Crippen molar-refractivity contribution in [3.63, 3.8) is 0 Å². The number of rotatable bonds is 5. The maximum Gasteiger partial charge on any atom is 0.339 e. The van der Waals surface area contributed by atoms with Gasteiger partial charge in [-0.2, -0.15) is 0 Å². The van der Waals surface area contributed by atoms with Crippen molar-refractivity contribution in [1.82, 2.24) is 5.32 Å². The third-order valence-corrected chi connectivity index (χ3v) is 2.31. The number of esters is 1. The third-order valence-electron chi connectivity index (χ3n) is 2.31. The second kappa shape index (κ2) is 6.98. The van der Waals surface area contributed by atoms with Crippen molar-refractivity contribution in [2.75, 3.05) is 26.1 Å². The van der Waals surface area contributed by atoms with Crippen molar-refractivity contribution < 1.29 is 29.0 Å². The standard InChI is InChI=1S/C12H14N2O6/c1-19-9-5-7(3-4-8(9)11(16)17)14-12(18)13-6-10(15)20-2/h3-5H,6H2,1-2H3,(H,16,17)(H2,13,14,18). The second-order valence-corrected chi connectivity index (χ2v) is 3.60. The molecule has 1 rings (SSSR count). The van der Waals surface area contributed by atoms with Crippen molar-refractivity contribution >= 4 is 23.7 Å². The Bertz CT molecular complexity index is 529. The van der Waals surface area contributed by atoms with Crippen LogP contribution in [0.3, 0.4) is 0 Å². The van der Waals surface area contributed by atoms with Crippen LogP contribution in [0.25, 0.3) is 0 Å². The van der Waals surface area contributed by atoms with E-state index in [0.717, 1.165) is 0 Å². The third kappa shape index (κ3) is 4.16. The molecule has 0 fully saturated rings. The van der Waals surface area contributed by atoms with E-state index in [1.165, 1.54) is 32.4 Å². The van der Waals surface area contributed by atoms with Gasteiger partial charge in [0.05, 0.1) is 14.2 Å². The molecule has 0 heterocycles. The predicted octanol–water partition coefficient (Wildman–Crippen LogP) is 0.688. The van der Waals surface area contributed by atoms with Crippen molar-refractivity contribution in [3.8, 4) is 5.75 Å². The van der Waals surface area contributed by atoms with Crippen LogP contribution in [0.1, 0.15) is 10.4 Å². The summed E-state index contributed by atoms with van der Waals surface area (Å²) >= 11 is 0. The molecule has 20 heavy (non-hydrogen) atoms. The van der Waals surface area contributed by atoms with Gasteiger partial charge in [-0.15, -0.1) is 0 Å². The number of urea groups is 1. The van der Waals surface area contributed by atoms with Crippen molar-refractivity contribution in [2.24, 2.45) is 0 Å². The van der Waals surface area contributed by atoms with Gasteiger partial charge in [-0.3, -0.25) is 4.79 Å². The molecule has 0 aliphatic heterocycles. The summed E-state index contributed by atoms with van der Waals surface area (Å²) in [7, 11) is 2.53. The number of benzene rings is 1. The maximum absolute atomic E-state index is 11.5. The van der Waals surface area contributed by atoms with E-state index >= 15 is 0 Å². The van der Waals surface area contributed by atoms with Crippen LogP contribution in [0.15, 0.2) is 18.2 Å². The van der Waals surface area contributed by atoms with E-state index in [-0.39, 0.29) is 17.9 Å². The Kier molecular flexibility index (Phi) is 5.33. The quantitative estimate of drug-likeness (QED) is 0.684. The summed E-state index contributed by atoms with van der Waals surface area (Å²) in [6, 6.07) is 3.45. The Balaban J connectivity index is 2.71. The van der Waals surface area contributed by atoms with Gasteiger partial charge >= 0.3 is 18.0 Å². The van der Waals surface area contributed by atoms with Gasteiger partial charge in [0.25, 0.3) is 0 Å². The Hall–Kier alpha value is -2.77. The van der Waals surface area contributed by atoms with Crippen LogP contribution in [0.2, 0.25) is 0 Å². The number of carbonyl (C=O) groups excluding carboxylic acids is 2. The first-order chi connectivity index (χ1) is 9.47. The number of methoxy groups -OCH3 is 2. The highest BCUT2D eigenvalue weighted by Gasteiger charge is 2.12. The average Bonchev–Trinajstić information content (AvgIpc) is 2.44. The molecule has 0 saturated heterocycles. The van der Waals surface area contributed by atoms with Crippen LogP contribution in [-0.2, 0) is 9.53 Å². The molecule has 0 radical (unpaired) electrons. The first kappa shape index (κ1) is 15.3. The SMILES string of the molecule is COC(=O)CNC(=O)Nc1ccc(C(=O)O)c(OC)c1. The minimum atomic E-state index is -1.14. The highest BCUT2D eigenvalue weighted by molar-refractivity contribution is 5.94. The lowest BCUT2D eigenvalue weighted by Crippen LogP contribution is -2.33. The van der Waals surface area contributed by atoms with E-state index < -0.39 is 18.0 Å². The van der Waals surface area contributed by atoms with E-state index in [1.807, 2.05) is 0 Å². The number of amides is 2. The molecule has 0 aliphatic rings. The van der Waals surface area contributed by atoms with Gasteiger partial charge in [-0.25, -0.2) is 9.59 Å². The van der Waals surface area contributed by atoms with Crippen LogP contribution in [0, 0.1) is 0 Å². The number of carbonyl (C=O) groups is 3. The minimum absolute atomic E-state index is 0.0204. The molecule has 8 nitrogen and oxygen atoms in total. The van der Waals surface area contributed by atoms with Crippen LogP contribution in [0.4, 0.5) is 10.5 Å². The van der Waals surface area contributed by atoms with Crippen LogP contribution < -0.4 is 15.4 Å². The average molecular weight is 282 g/mol. The van der Waals surface area contributed by atoms with Crippen molar-refractivity contribution in [2.45, 2.75) is 0 Å². The Morgan fingerprint density at radius 1 is 1.25 bits per heavy atom. The molecule has 0 saturated carbocycles. The molecule has 0 aliphatic carbocycles. The number of hydrogen-bond donors (Lipinski definition) is 3. The molecule has 8 heteroatoms. The minimum Gasteiger partial charge on any atom is -0.496 e. The molecule has 0 aromatic heterocycles. The zero-order valence-corrected chi connectivity index (χ0v) is 10.9. The summed E-state index contributed by atoms with van der Waals surface area (Å²) in [5, 5.41) is 13.6. The first-order valence-electron chi connectivity index (χ1n) is 5.51. The number of hydrogen-bond acceptors (Lipinski definition) is 5. The predicted molar refractivity (Wildman–Crippen MR) is 69.0 cm³/mol. The highest BCUT2D eigenvalue weighted by atomic mass is 16.5. The number of ether oxygens (including phenoxy) is 2.